The van der Waals surface area contributed by atoms with Crippen LogP contribution in [-0.2, 0) is 4.79 Å². The first kappa shape index (κ1) is 28.8. The first-order valence-corrected chi connectivity index (χ1v) is 15.7. The van der Waals surface area contributed by atoms with E-state index in [0.717, 1.165) is 29.0 Å². The molecule has 0 radical (unpaired) electrons. The molecule has 0 bridgehead atoms. The van der Waals surface area contributed by atoms with Gasteiger partial charge in [0.1, 0.15) is 16.9 Å². The third-order valence-electron chi connectivity index (χ3n) is 7.26. The predicted molar refractivity (Wildman–Crippen MR) is 173 cm³/mol. The second kappa shape index (κ2) is 12.9. The van der Waals surface area contributed by atoms with Crippen LogP contribution in [0.1, 0.15) is 22.9 Å². The number of methoxy groups -OCH3 is 2. The number of amides is 3. The van der Waals surface area contributed by atoms with Gasteiger partial charge in [0.2, 0.25) is 0 Å². The van der Waals surface area contributed by atoms with Crippen LogP contribution in [-0.4, -0.2) is 44.1 Å². The summed E-state index contributed by atoms with van der Waals surface area (Å²) in [5.74, 6) is 1.02. The lowest BCUT2D eigenvalue weighted by atomic mass is 10.2. The van der Waals surface area contributed by atoms with Crippen LogP contribution in [0.5, 0.6) is 11.5 Å². The molecule has 43 heavy (non-hydrogen) atoms. The van der Waals surface area contributed by atoms with E-state index >= 15 is 0 Å². The topological polar surface area (TPSA) is 71.1 Å². The second-order valence-electron chi connectivity index (χ2n) is 9.98. The summed E-state index contributed by atoms with van der Waals surface area (Å²) in [6, 6.07) is 31.3. The van der Waals surface area contributed by atoms with Crippen LogP contribution in [0.25, 0.3) is 6.08 Å². The van der Waals surface area contributed by atoms with Gasteiger partial charge in [-0.25, -0.2) is 9.69 Å². The maximum absolute atomic E-state index is 13.7. The quantitative estimate of drug-likeness (QED) is 0.162. The predicted octanol–water partition coefficient (Wildman–Crippen LogP) is 7.72. The molecule has 0 saturated carbocycles. The smallest absolute Gasteiger partial charge is 0.325 e. The highest BCUT2D eigenvalue weighted by atomic mass is 32.2. The average molecular weight is 610 g/mol. The van der Waals surface area contributed by atoms with E-state index in [9.17, 15) is 9.59 Å². The van der Waals surface area contributed by atoms with Gasteiger partial charge in [0.25, 0.3) is 5.91 Å². The number of imide groups is 1. The zero-order chi connectivity index (χ0) is 29.8. The van der Waals surface area contributed by atoms with Crippen molar-refractivity contribution in [2.75, 3.05) is 32.2 Å². The minimum Gasteiger partial charge on any atom is -0.497 e. The largest absolute Gasteiger partial charge is 0.497 e. The molecule has 2 heterocycles. The molecule has 4 aromatic rings. The Morgan fingerprint density at radius 2 is 1.51 bits per heavy atom. The monoisotopic (exact) mass is 609 g/mol. The highest BCUT2D eigenvalue weighted by Gasteiger charge is 2.41. The number of carbonyl (C=O) groups is 2. The number of nitrogens with one attached hydrogen (secondary N) is 1. The fourth-order valence-electron chi connectivity index (χ4n) is 5.18. The van der Waals surface area contributed by atoms with Gasteiger partial charge in [-0.2, -0.15) is 0 Å². The van der Waals surface area contributed by atoms with Crippen LogP contribution >= 0.6 is 23.5 Å². The summed E-state index contributed by atoms with van der Waals surface area (Å²) in [5, 5.41) is 2.49. The molecule has 1 atom stereocenters. The number of rotatable bonds is 8. The highest BCUT2D eigenvalue weighted by molar-refractivity contribution is 8.04. The van der Waals surface area contributed by atoms with E-state index in [1.165, 1.54) is 26.5 Å². The van der Waals surface area contributed by atoms with Gasteiger partial charge in [-0.05, 0) is 72.2 Å². The number of hydrogen-bond acceptors (Lipinski definition) is 7. The fraction of sp³-hybridized carbons (Fsp3) is 0.176. The van der Waals surface area contributed by atoms with E-state index < -0.39 is 11.4 Å². The van der Waals surface area contributed by atoms with Crippen molar-refractivity contribution in [3.63, 3.8) is 0 Å². The number of ether oxygens (including phenoxy) is 2. The van der Waals surface area contributed by atoms with E-state index in [2.05, 4.69) is 46.6 Å². The standard InChI is InChI=1S/C34H31N3O4S2/c1-40-25-12-7-10-23(20-25)21-31-32(38)37(33(43-31)24-11-8-13-26(22-24)41-2)34(39)35-18-9-19-36-27-14-3-5-16-29(27)42-30-17-6-4-15-28(30)36/h3-8,10-17,20-22,33H,9,18-19H2,1-2H3,(H,35,39)/b31-21+. The van der Waals surface area contributed by atoms with Gasteiger partial charge in [-0.3, -0.25) is 4.79 Å². The molecule has 7 nitrogen and oxygen atoms in total. The molecule has 1 N–H and O–H groups in total. The maximum Gasteiger partial charge on any atom is 0.325 e. The maximum atomic E-state index is 13.7. The van der Waals surface area contributed by atoms with Crippen LogP contribution in [0.2, 0.25) is 0 Å². The molecule has 9 heteroatoms. The molecular weight excluding hydrogens is 579 g/mol. The fourth-order valence-corrected chi connectivity index (χ4v) is 7.50. The van der Waals surface area contributed by atoms with Crippen LogP contribution in [0, 0.1) is 0 Å². The summed E-state index contributed by atoms with van der Waals surface area (Å²) in [4.78, 5) is 33.8. The molecule has 1 saturated heterocycles. The Morgan fingerprint density at radius 3 is 2.21 bits per heavy atom. The molecule has 3 amide bonds. The lowest BCUT2D eigenvalue weighted by molar-refractivity contribution is -0.123. The summed E-state index contributed by atoms with van der Waals surface area (Å²) in [6.07, 6.45) is 2.50. The van der Waals surface area contributed by atoms with Gasteiger partial charge in [0.15, 0.2) is 0 Å². The molecule has 2 aliphatic heterocycles. The highest BCUT2D eigenvalue weighted by Crippen LogP contribution is 2.48. The van der Waals surface area contributed by atoms with Gasteiger partial charge in [0.05, 0.1) is 30.5 Å². The molecule has 2 aliphatic rings. The zero-order valence-corrected chi connectivity index (χ0v) is 25.5. The van der Waals surface area contributed by atoms with E-state index in [-0.39, 0.29) is 5.91 Å². The number of urea groups is 1. The lowest BCUT2D eigenvalue weighted by Crippen LogP contribution is -2.42. The third-order valence-corrected chi connectivity index (χ3v) is 9.64. The first-order chi connectivity index (χ1) is 21.1. The molecule has 0 aliphatic carbocycles. The van der Waals surface area contributed by atoms with Gasteiger partial charge in [0, 0.05) is 22.9 Å². The molecule has 0 aromatic heterocycles. The van der Waals surface area contributed by atoms with Crippen LogP contribution < -0.4 is 19.7 Å². The van der Waals surface area contributed by atoms with Crippen molar-refractivity contribution >= 4 is 52.9 Å². The first-order valence-electron chi connectivity index (χ1n) is 14.0. The van der Waals surface area contributed by atoms with Crippen LogP contribution in [0.4, 0.5) is 16.2 Å². The minimum atomic E-state index is -0.530. The van der Waals surface area contributed by atoms with Crippen molar-refractivity contribution in [2.45, 2.75) is 21.6 Å². The molecule has 1 fully saturated rings. The SMILES string of the molecule is COc1cccc(/C=C2/SC(c3cccc(OC)c3)N(C(=O)NCCCN3c4ccccc4Sc4ccccc43)C2=O)c1. The number of para-hydroxylation sites is 2. The summed E-state index contributed by atoms with van der Waals surface area (Å²) in [6.45, 7) is 1.14. The third kappa shape index (κ3) is 6.09. The summed E-state index contributed by atoms with van der Waals surface area (Å²) in [7, 11) is 3.21. The molecule has 1 unspecified atom stereocenters. The van der Waals surface area contributed by atoms with Gasteiger partial charge >= 0.3 is 6.03 Å². The summed E-state index contributed by atoms with van der Waals surface area (Å²) < 4.78 is 10.8. The van der Waals surface area contributed by atoms with Gasteiger partial charge < -0.3 is 19.7 Å². The van der Waals surface area contributed by atoms with Crippen molar-refractivity contribution in [2.24, 2.45) is 0 Å². The Bertz CT molecular complexity index is 1650. The van der Waals surface area contributed by atoms with Crippen LogP contribution in [0.3, 0.4) is 0 Å². The molecule has 218 valence electrons. The van der Waals surface area contributed by atoms with E-state index in [4.69, 9.17) is 9.47 Å². The Balaban J connectivity index is 1.19. The Labute approximate surface area is 259 Å². The van der Waals surface area contributed by atoms with Crippen molar-refractivity contribution in [3.8, 4) is 11.5 Å². The molecule has 6 rings (SSSR count). The van der Waals surface area contributed by atoms with Crippen molar-refractivity contribution in [3.05, 3.63) is 113 Å². The average Bonchev–Trinajstić information content (AvgIpc) is 3.37. The molecule has 4 aromatic carbocycles. The minimum absolute atomic E-state index is 0.339. The van der Waals surface area contributed by atoms with Crippen molar-refractivity contribution < 1.29 is 19.1 Å². The Morgan fingerprint density at radius 1 is 0.860 bits per heavy atom. The zero-order valence-electron chi connectivity index (χ0n) is 23.9. The van der Waals surface area contributed by atoms with Crippen LogP contribution in [0.15, 0.2) is 112 Å². The van der Waals surface area contributed by atoms with E-state index in [0.29, 0.717) is 29.4 Å². The number of thioether (sulfide) groups is 1. The van der Waals surface area contributed by atoms with Crippen molar-refractivity contribution in [1.82, 2.24) is 10.2 Å². The number of hydrogen-bond donors (Lipinski definition) is 1. The molecular formula is C34H31N3O4S2. The number of anilines is 2. The van der Waals surface area contributed by atoms with E-state index in [1.54, 1.807) is 32.1 Å². The van der Waals surface area contributed by atoms with Crippen molar-refractivity contribution in [1.29, 1.82) is 0 Å². The summed E-state index contributed by atoms with van der Waals surface area (Å²) in [5.41, 5.74) is 3.95. The lowest BCUT2D eigenvalue weighted by Gasteiger charge is -2.32. The Hall–Kier alpha value is -4.34. The Kier molecular flexibility index (Phi) is 8.62. The normalized spacial score (nSPS) is 16.6. The summed E-state index contributed by atoms with van der Waals surface area (Å²) >= 11 is 3.12. The van der Waals surface area contributed by atoms with Gasteiger partial charge in [-0.1, -0.05) is 72.1 Å². The number of nitrogens with zero attached hydrogens (tertiary/aromatic N) is 2. The van der Waals surface area contributed by atoms with E-state index in [1.807, 2.05) is 60.7 Å². The second-order valence-corrected chi connectivity index (χ2v) is 12.2. The van der Waals surface area contributed by atoms with Gasteiger partial charge in [-0.15, -0.1) is 0 Å². The number of benzene rings is 4. The molecule has 0 spiro atoms. The number of fused-ring (bicyclic) bond motifs is 2. The number of carbonyl (C=O) groups excluding carboxylic acids is 2.